The lowest BCUT2D eigenvalue weighted by Crippen LogP contribution is -2.51. The summed E-state index contributed by atoms with van der Waals surface area (Å²) in [6, 6.07) is 12.2. The molecule has 1 saturated heterocycles. The van der Waals surface area contributed by atoms with Crippen LogP contribution in [0.4, 0.5) is 15.6 Å². The minimum atomic E-state index is -0.401. The number of urea groups is 1. The van der Waals surface area contributed by atoms with Crippen molar-refractivity contribution in [2.45, 2.75) is 6.54 Å². The normalized spacial score (nSPS) is 14.0. The summed E-state index contributed by atoms with van der Waals surface area (Å²) >= 11 is 1.44. The number of aromatic nitrogens is 1. The molecule has 0 bridgehead atoms. The number of carbonyl (C=O) groups is 1. The van der Waals surface area contributed by atoms with Gasteiger partial charge in [-0.2, -0.15) is 0 Å². The van der Waals surface area contributed by atoms with E-state index >= 15 is 0 Å². The van der Waals surface area contributed by atoms with Gasteiger partial charge in [-0.05, 0) is 23.8 Å². The molecule has 2 aromatic carbocycles. The number of hydrogen-bond donors (Lipinski definition) is 1. The second-order valence-corrected chi connectivity index (χ2v) is 7.90. The highest BCUT2D eigenvalue weighted by atomic mass is 32.1. The van der Waals surface area contributed by atoms with E-state index in [1.165, 1.54) is 17.4 Å². The number of nitrogens with one attached hydrogen (secondary N) is 1. The van der Waals surface area contributed by atoms with Gasteiger partial charge in [0.2, 0.25) is 0 Å². The molecule has 10 heteroatoms. The van der Waals surface area contributed by atoms with Crippen LogP contribution in [0.15, 0.2) is 42.5 Å². The van der Waals surface area contributed by atoms with Gasteiger partial charge in [-0.3, -0.25) is 10.1 Å². The number of carbonyl (C=O) groups excluding carboxylic acids is 1. The predicted molar refractivity (Wildman–Crippen MR) is 115 cm³/mol. The zero-order valence-electron chi connectivity index (χ0n) is 16.4. The van der Waals surface area contributed by atoms with E-state index in [-0.39, 0.29) is 11.7 Å². The third kappa shape index (κ3) is 4.28. The number of rotatable bonds is 5. The molecule has 0 aliphatic carbocycles. The van der Waals surface area contributed by atoms with Crippen LogP contribution in [-0.2, 0) is 6.54 Å². The summed E-state index contributed by atoms with van der Waals surface area (Å²) in [4.78, 5) is 31.5. The monoisotopic (exact) mass is 427 g/mol. The van der Waals surface area contributed by atoms with Crippen LogP contribution in [0.1, 0.15) is 5.56 Å². The average molecular weight is 427 g/mol. The Labute approximate surface area is 177 Å². The number of nitro groups is 1. The molecule has 2 heterocycles. The van der Waals surface area contributed by atoms with Gasteiger partial charge in [0.25, 0.3) is 5.69 Å². The molecule has 0 saturated carbocycles. The summed E-state index contributed by atoms with van der Waals surface area (Å²) in [5.41, 5.74) is 1.82. The van der Waals surface area contributed by atoms with Gasteiger partial charge in [-0.25, -0.2) is 9.78 Å². The van der Waals surface area contributed by atoms with Crippen LogP contribution in [0, 0.1) is 10.1 Å². The molecule has 156 valence electrons. The Morgan fingerprint density at radius 1 is 1.20 bits per heavy atom. The van der Waals surface area contributed by atoms with Crippen molar-refractivity contribution in [3.8, 4) is 5.75 Å². The maximum absolute atomic E-state index is 12.5. The molecule has 1 N–H and O–H groups in total. The SMILES string of the molecule is COc1ccc(CNC(=O)N2CCN(c3nc4ccc([N+](=O)[O-])cc4s3)CC2)cc1. The average Bonchev–Trinajstić information content (AvgIpc) is 3.21. The van der Waals surface area contributed by atoms with Crippen molar-refractivity contribution in [2.24, 2.45) is 0 Å². The Balaban J connectivity index is 1.32. The number of amides is 2. The van der Waals surface area contributed by atoms with Gasteiger partial charge in [0.1, 0.15) is 5.75 Å². The first-order valence-electron chi connectivity index (χ1n) is 9.49. The van der Waals surface area contributed by atoms with Crippen LogP contribution >= 0.6 is 11.3 Å². The Bertz CT molecular complexity index is 1060. The molecule has 4 rings (SSSR count). The van der Waals surface area contributed by atoms with E-state index in [9.17, 15) is 14.9 Å². The van der Waals surface area contributed by atoms with Crippen LogP contribution < -0.4 is 15.0 Å². The van der Waals surface area contributed by atoms with Gasteiger partial charge < -0.3 is 19.9 Å². The number of fused-ring (bicyclic) bond motifs is 1. The number of thiazole rings is 1. The van der Waals surface area contributed by atoms with Gasteiger partial charge in [0, 0.05) is 44.9 Å². The smallest absolute Gasteiger partial charge is 0.317 e. The van der Waals surface area contributed by atoms with E-state index in [0.29, 0.717) is 32.7 Å². The highest BCUT2D eigenvalue weighted by Gasteiger charge is 2.23. The Kier molecular flexibility index (Phi) is 5.66. The molecule has 1 aliphatic heterocycles. The van der Waals surface area contributed by atoms with Crippen LogP contribution in [0.3, 0.4) is 0 Å². The molecule has 1 fully saturated rings. The Hall–Kier alpha value is -3.40. The molecule has 2 amide bonds. The standard InChI is InChI=1S/C20H21N5O4S/c1-29-16-5-2-14(3-6-16)13-21-19(26)23-8-10-24(11-9-23)20-22-17-7-4-15(25(27)28)12-18(17)30-20/h2-7,12H,8-11,13H2,1H3,(H,21,26). The minimum absolute atomic E-state index is 0.0658. The second-order valence-electron chi connectivity index (χ2n) is 6.89. The molecule has 9 nitrogen and oxygen atoms in total. The lowest BCUT2D eigenvalue weighted by Gasteiger charge is -2.34. The zero-order chi connectivity index (χ0) is 21.1. The zero-order valence-corrected chi connectivity index (χ0v) is 17.2. The summed E-state index contributed by atoms with van der Waals surface area (Å²) in [7, 11) is 1.62. The van der Waals surface area contributed by atoms with Crippen molar-refractivity contribution < 1.29 is 14.5 Å². The van der Waals surface area contributed by atoms with Crippen LogP contribution in [0.2, 0.25) is 0 Å². The Morgan fingerprint density at radius 2 is 1.93 bits per heavy atom. The first kappa shape index (κ1) is 19.9. The van der Waals surface area contributed by atoms with E-state index in [2.05, 4.69) is 15.2 Å². The summed E-state index contributed by atoms with van der Waals surface area (Å²) < 4.78 is 5.93. The molecular formula is C20H21N5O4S. The second kappa shape index (κ2) is 8.54. The number of ether oxygens (including phenoxy) is 1. The molecule has 1 aliphatic rings. The predicted octanol–water partition coefficient (Wildman–Crippen LogP) is 3.24. The van der Waals surface area contributed by atoms with Crippen LogP contribution in [0.5, 0.6) is 5.75 Å². The number of benzene rings is 2. The molecule has 0 unspecified atom stereocenters. The molecule has 0 radical (unpaired) electrons. The Morgan fingerprint density at radius 3 is 2.60 bits per heavy atom. The van der Waals surface area contributed by atoms with Gasteiger partial charge >= 0.3 is 6.03 Å². The summed E-state index contributed by atoms with van der Waals surface area (Å²) in [5, 5.41) is 14.7. The number of methoxy groups -OCH3 is 1. The third-order valence-corrected chi connectivity index (χ3v) is 6.09. The van der Waals surface area contributed by atoms with Crippen molar-refractivity contribution in [1.82, 2.24) is 15.2 Å². The summed E-state index contributed by atoms with van der Waals surface area (Å²) in [6.45, 7) is 2.96. The highest BCUT2D eigenvalue weighted by Crippen LogP contribution is 2.31. The number of non-ortho nitro benzene ring substituents is 1. The third-order valence-electron chi connectivity index (χ3n) is 5.01. The number of hydrogen-bond acceptors (Lipinski definition) is 7. The lowest BCUT2D eigenvalue weighted by atomic mass is 10.2. The van der Waals surface area contributed by atoms with E-state index in [0.717, 1.165) is 26.7 Å². The van der Waals surface area contributed by atoms with Crippen molar-refractivity contribution in [3.05, 3.63) is 58.1 Å². The topological polar surface area (TPSA) is 101 Å². The summed E-state index contributed by atoms with van der Waals surface area (Å²) in [6.07, 6.45) is 0. The largest absolute Gasteiger partial charge is 0.497 e. The van der Waals surface area contributed by atoms with Crippen molar-refractivity contribution >= 4 is 38.4 Å². The van der Waals surface area contributed by atoms with E-state index in [1.54, 1.807) is 24.1 Å². The van der Waals surface area contributed by atoms with E-state index in [1.807, 2.05) is 24.3 Å². The van der Waals surface area contributed by atoms with E-state index in [4.69, 9.17) is 4.74 Å². The number of anilines is 1. The molecule has 0 spiro atoms. The van der Waals surface area contributed by atoms with Gasteiger partial charge in [0.15, 0.2) is 5.13 Å². The number of nitrogens with zero attached hydrogens (tertiary/aromatic N) is 4. The molecular weight excluding hydrogens is 406 g/mol. The van der Waals surface area contributed by atoms with Crippen LogP contribution in [0.25, 0.3) is 10.2 Å². The first-order chi connectivity index (χ1) is 14.5. The van der Waals surface area contributed by atoms with Gasteiger partial charge in [-0.1, -0.05) is 23.5 Å². The minimum Gasteiger partial charge on any atom is -0.497 e. The molecule has 0 atom stereocenters. The van der Waals surface area contributed by atoms with Gasteiger partial charge in [-0.15, -0.1) is 0 Å². The fraction of sp³-hybridized carbons (Fsp3) is 0.300. The van der Waals surface area contributed by atoms with Gasteiger partial charge in [0.05, 0.1) is 22.2 Å². The summed E-state index contributed by atoms with van der Waals surface area (Å²) in [5.74, 6) is 0.783. The number of nitro benzene ring substituents is 1. The van der Waals surface area contributed by atoms with Crippen molar-refractivity contribution in [2.75, 3.05) is 38.2 Å². The fourth-order valence-corrected chi connectivity index (χ4v) is 4.33. The van der Waals surface area contributed by atoms with Crippen LogP contribution in [-0.4, -0.2) is 54.1 Å². The molecule has 1 aromatic heterocycles. The van der Waals surface area contributed by atoms with Crippen molar-refractivity contribution in [1.29, 1.82) is 0 Å². The quantitative estimate of drug-likeness (QED) is 0.496. The highest BCUT2D eigenvalue weighted by molar-refractivity contribution is 7.22. The van der Waals surface area contributed by atoms with Crippen molar-refractivity contribution in [3.63, 3.8) is 0 Å². The fourth-order valence-electron chi connectivity index (χ4n) is 3.28. The maximum Gasteiger partial charge on any atom is 0.317 e. The van der Waals surface area contributed by atoms with E-state index < -0.39 is 4.92 Å². The molecule has 3 aromatic rings. The molecule has 30 heavy (non-hydrogen) atoms. The first-order valence-corrected chi connectivity index (χ1v) is 10.3. The number of piperazine rings is 1. The maximum atomic E-state index is 12.5. The lowest BCUT2D eigenvalue weighted by molar-refractivity contribution is -0.384.